The van der Waals surface area contributed by atoms with Crippen LogP contribution in [0.15, 0.2) is 0 Å². The molecule has 3 amide bonds. The number of hydrogen-bond acceptors (Lipinski definition) is 5. The van der Waals surface area contributed by atoms with Crippen LogP contribution in [0.3, 0.4) is 0 Å². The van der Waals surface area contributed by atoms with E-state index in [1.165, 1.54) is 0 Å². The fourth-order valence-electron chi connectivity index (χ4n) is 5.97. The molecule has 4 fully saturated rings. The van der Waals surface area contributed by atoms with Crippen LogP contribution in [0.5, 0.6) is 0 Å². The Morgan fingerprint density at radius 3 is 2.47 bits per heavy atom. The molecule has 0 spiro atoms. The summed E-state index contributed by atoms with van der Waals surface area (Å²) in [6, 6.07) is 0.365. The van der Waals surface area contributed by atoms with Gasteiger partial charge in [-0.2, -0.15) is 0 Å². The molecule has 4 aliphatic rings. The number of nitrogens with one attached hydrogen (secondary N) is 2. The van der Waals surface area contributed by atoms with Crippen molar-refractivity contribution in [1.29, 1.82) is 0 Å². The van der Waals surface area contributed by atoms with Gasteiger partial charge in [0.15, 0.2) is 0 Å². The van der Waals surface area contributed by atoms with Crippen LogP contribution in [0, 0.1) is 17.8 Å². The van der Waals surface area contributed by atoms with Gasteiger partial charge in [-0.25, -0.2) is 5.01 Å². The summed E-state index contributed by atoms with van der Waals surface area (Å²) < 4.78 is 0. The van der Waals surface area contributed by atoms with Gasteiger partial charge in [0.25, 0.3) is 0 Å². The molecule has 0 aromatic rings. The number of amides is 3. The van der Waals surface area contributed by atoms with Crippen molar-refractivity contribution in [2.24, 2.45) is 17.8 Å². The first-order valence-electron chi connectivity index (χ1n) is 11.7. The molecule has 2 saturated heterocycles. The fraction of sp³-hybridized carbons (Fsp3) is 0.864. The van der Waals surface area contributed by atoms with Crippen LogP contribution in [-0.2, 0) is 14.4 Å². The predicted molar refractivity (Wildman–Crippen MR) is 113 cm³/mol. The van der Waals surface area contributed by atoms with E-state index < -0.39 is 0 Å². The highest BCUT2D eigenvalue weighted by atomic mass is 16.2. The van der Waals surface area contributed by atoms with Gasteiger partial charge in [-0.3, -0.25) is 19.8 Å². The van der Waals surface area contributed by atoms with E-state index in [2.05, 4.69) is 22.6 Å². The van der Waals surface area contributed by atoms with Gasteiger partial charge in [0.1, 0.15) is 0 Å². The van der Waals surface area contributed by atoms with Gasteiger partial charge in [-0.15, -0.1) is 0 Å². The van der Waals surface area contributed by atoms with Crippen LogP contribution < -0.4 is 10.7 Å². The zero-order valence-corrected chi connectivity index (χ0v) is 18.6. The third kappa shape index (κ3) is 4.35. The second-order valence-corrected chi connectivity index (χ2v) is 9.70. The molecule has 8 nitrogen and oxygen atoms in total. The minimum atomic E-state index is 0.0499. The molecule has 5 atom stereocenters. The van der Waals surface area contributed by atoms with E-state index in [9.17, 15) is 14.4 Å². The molecule has 8 heteroatoms. The molecule has 2 aliphatic heterocycles. The van der Waals surface area contributed by atoms with Crippen molar-refractivity contribution in [3.63, 3.8) is 0 Å². The van der Waals surface area contributed by atoms with Crippen LogP contribution in [0.25, 0.3) is 0 Å². The van der Waals surface area contributed by atoms with Crippen molar-refractivity contribution in [3.8, 4) is 0 Å². The first-order valence-corrected chi connectivity index (χ1v) is 11.7. The molecule has 168 valence electrons. The molecule has 0 bridgehead atoms. The number of nitrogens with zero attached hydrogens (tertiary/aromatic N) is 3. The Balaban J connectivity index is 1.43. The van der Waals surface area contributed by atoms with Gasteiger partial charge in [0, 0.05) is 45.1 Å². The minimum Gasteiger partial charge on any atom is -0.355 e. The summed E-state index contributed by atoms with van der Waals surface area (Å²) in [6.07, 6.45) is 5.02. The van der Waals surface area contributed by atoms with E-state index >= 15 is 0 Å². The average Bonchev–Trinajstić information content (AvgIpc) is 3.45. The Morgan fingerprint density at radius 2 is 1.80 bits per heavy atom. The highest BCUT2D eigenvalue weighted by molar-refractivity contribution is 5.82. The second-order valence-electron chi connectivity index (χ2n) is 9.70. The third-order valence-corrected chi connectivity index (χ3v) is 7.50. The van der Waals surface area contributed by atoms with Gasteiger partial charge >= 0.3 is 0 Å². The lowest BCUT2D eigenvalue weighted by molar-refractivity contribution is -0.155. The Labute approximate surface area is 179 Å². The fourth-order valence-corrected chi connectivity index (χ4v) is 5.97. The maximum atomic E-state index is 13.1. The van der Waals surface area contributed by atoms with Gasteiger partial charge in [0.2, 0.25) is 17.7 Å². The number of carbonyl (C=O) groups is 3. The molecule has 4 unspecified atom stereocenters. The molecule has 2 N–H and O–H groups in total. The SMILES string of the molecule is CCNC(=O)CN1CC(C2CCC3C(C2)N(C(=O)C2CC2)C[C@H](C)N3C(C)=O)CN1. The predicted octanol–water partition coefficient (Wildman–Crippen LogP) is 0.585. The van der Waals surface area contributed by atoms with Gasteiger partial charge < -0.3 is 15.1 Å². The van der Waals surface area contributed by atoms with Gasteiger partial charge in [-0.1, -0.05) is 0 Å². The van der Waals surface area contributed by atoms with Crippen molar-refractivity contribution in [2.75, 3.05) is 32.7 Å². The zero-order chi connectivity index (χ0) is 21.4. The van der Waals surface area contributed by atoms with Gasteiger partial charge in [-0.05, 0) is 57.8 Å². The zero-order valence-electron chi connectivity index (χ0n) is 18.6. The van der Waals surface area contributed by atoms with Crippen molar-refractivity contribution in [3.05, 3.63) is 0 Å². The van der Waals surface area contributed by atoms with Crippen molar-refractivity contribution < 1.29 is 14.4 Å². The first-order chi connectivity index (χ1) is 14.4. The van der Waals surface area contributed by atoms with Crippen molar-refractivity contribution in [1.82, 2.24) is 25.6 Å². The van der Waals surface area contributed by atoms with Crippen molar-refractivity contribution >= 4 is 17.7 Å². The van der Waals surface area contributed by atoms with Gasteiger partial charge in [0.05, 0.1) is 18.6 Å². The molecule has 2 saturated carbocycles. The smallest absolute Gasteiger partial charge is 0.235 e. The number of piperazine rings is 1. The molecular weight excluding hydrogens is 382 g/mol. The van der Waals surface area contributed by atoms with E-state index in [-0.39, 0.29) is 35.9 Å². The standard InChI is InChI=1S/C22H37N5O3/c1-4-23-21(29)13-25-12-18(10-24-25)17-7-8-19-20(9-17)26(22(30)16-5-6-16)11-14(2)27(19)15(3)28/h14,16-20,24H,4-13H2,1-3H3,(H,23,29)/t14-,17?,18?,19?,20?/m0/s1. The van der Waals surface area contributed by atoms with E-state index in [0.717, 1.165) is 45.2 Å². The summed E-state index contributed by atoms with van der Waals surface area (Å²) in [5.41, 5.74) is 3.39. The van der Waals surface area contributed by atoms with Crippen LogP contribution in [0.4, 0.5) is 0 Å². The van der Waals surface area contributed by atoms with Crippen LogP contribution in [-0.4, -0.2) is 83.4 Å². The summed E-state index contributed by atoms with van der Waals surface area (Å²) in [5, 5.41) is 4.88. The molecule has 2 heterocycles. The quantitative estimate of drug-likeness (QED) is 0.681. The average molecular weight is 420 g/mol. The largest absolute Gasteiger partial charge is 0.355 e. The Kier molecular flexibility index (Phi) is 6.34. The Bertz CT molecular complexity index is 682. The molecule has 0 radical (unpaired) electrons. The molecular formula is C22H37N5O3. The van der Waals surface area contributed by atoms with E-state index in [1.54, 1.807) is 6.92 Å². The number of hydrazine groups is 1. The minimum absolute atomic E-state index is 0.0499. The monoisotopic (exact) mass is 419 g/mol. The van der Waals surface area contributed by atoms with E-state index in [1.807, 2.05) is 16.8 Å². The summed E-state index contributed by atoms with van der Waals surface area (Å²) in [4.78, 5) is 41.5. The normalized spacial score (nSPS) is 34.6. The van der Waals surface area contributed by atoms with E-state index in [4.69, 9.17) is 0 Å². The highest BCUT2D eigenvalue weighted by Gasteiger charge is 2.49. The summed E-state index contributed by atoms with van der Waals surface area (Å²) >= 11 is 0. The maximum absolute atomic E-state index is 13.1. The maximum Gasteiger partial charge on any atom is 0.235 e. The number of rotatable bonds is 5. The molecule has 4 rings (SSSR count). The van der Waals surface area contributed by atoms with Crippen LogP contribution in [0.2, 0.25) is 0 Å². The summed E-state index contributed by atoms with van der Waals surface area (Å²) in [5.74, 6) is 1.68. The third-order valence-electron chi connectivity index (χ3n) is 7.50. The lowest BCUT2D eigenvalue weighted by atomic mass is 9.73. The summed E-state index contributed by atoms with van der Waals surface area (Å²) in [7, 11) is 0. The first kappa shape index (κ1) is 21.6. The topological polar surface area (TPSA) is 85.0 Å². The molecule has 0 aromatic carbocycles. The van der Waals surface area contributed by atoms with Crippen LogP contribution >= 0.6 is 0 Å². The summed E-state index contributed by atoms with van der Waals surface area (Å²) in [6.45, 7) is 9.11. The number of fused-ring (bicyclic) bond motifs is 1. The molecule has 2 aliphatic carbocycles. The number of carbonyl (C=O) groups excluding carboxylic acids is 3. The second kappa shape index (κ2) is 8.83. The Morgan fingerprint density at radius 1 is 1.03 bits per heavy atom. The highest BCUT2D eigenvalue weighted by Crippen LogP contribution is 2.41. The van der Waals surface area contributed by atoms with Crippen LogP contribution in [0.1, 0.15) is 52.9 Å². The Hall–Kier alpha value is -1.67. The van der Waals surface area contributed by atoms with Crippen molar-refractivity contribution in [2.45, 2.75) is 71.0 Å². The number of likely N-dealkylation sites (N-methyl/N-ethyl adjacent to an activating group) is 1. The lowest BCUT2D eigenvalue weighted by Crippen LogP contribution is -2.67. The number of hydrogen-bond donors (Lipinski definition) is 2. The molecule has 0 aromatic heterocycles. The lowest BCUT2D eigenvalue weighted by Gasteiger charge is -2.54. The molecule has 30 heavy (non-hydrogen) atoms. The van der Waals surface area contributed by atoms with E-state index in [0.29, 0.717) is 37.4 Å².